The van der Waals surface area contributed by atoms with Gasteiger partial charge in [-0.1, -0.05) is 24.3 Å². The highest BCUT2D eigenvalue weighted by Crippen LogP contribution is 2.33. The van der Waals surface area contributed by atoms with Crippen molar-refractivity contribution in [2.24, 2.45) is 0 Å². The fourth-order valence-electron chi connectivity index (χ4n) is 4.38. The zero-order valence-electron chi connectivity index (χ0n) is 18.3. The third-order valence-corrected chi connectivity index (χ3v) is 7.03. The summed E-state index contributed by atoms with van der Waals surface area (Å²) < 4.78 is 2.43. The van der Waals surface area contributed by atoms with Crippen molar-refractivity contribution in [2.75, 3.05) is 26.2 Å². The van der Waals surface area contributed by atoms with E-state index in [1.165, 1.54) is 43.7 Å². The van der Waals surface area contributed by atoms with Crippen LogP contribution in [0.25, 0.3) is 33.3 Å². The van der Waals surface area contributed by atoms with E-state index in [-0.39, 0.29) is 0 Å². The molecule has 0 saturated carbocycles. The minimum absolute atomic E-state index is 1.05. The summed E-state index contributed by atoms with van der Waals surface area (Å²) in [6, 6.07) is 20.0. The quantitative estimate of drug-likeness (QED) is 0.407. The summed E-state index contributed by atoms with van der Waals surface area (Å²) in [5.41, 5.74) is 9.43. The molecule has 31 heavy (non-hydrogen) atoms. The van der Waals surface area contributed by atoms with Crippen molar-refractivity contribution < 1.29 is 0 Å². The highest BCUT2D eigenvalue weighted by Gasteiger charge is 2.13. The topological polar surface area (TPSA) is 44.0 Å². The number of nitrogens with zero attached hydrogens (tertiary/aromatic N) is 2. The third-order valence-electron chi connectivity index (χ3n) is 5.93. The van der Waals surface area contributed by atoms with E-state index in [4.69, 9.17) is 0 Å². The number of pyridine rings is 1. The van der Waals surface area contributed by atoms with Gasteiger partial charge in [0.15, 0.2) is 0 Å². The van der Waals surface area contributed by atoms with Gasteiger partial charge < -0.3 is 10.3 Å². The normalized spacial score (nSPS) is 14.9. The van der Waals surface area contributed by atoms with E-state index in [2.05, 4.69) is 95.0 Å². The Morgan fingerprint density at radius 3 is 2.19 bits per heavy atom. The number of aromatic amines is 1. The Balaban J connectivity index is 1.43. The van der Waals surface area contributed by atoms with Crippen molar-refractivity contribution in [1.82, 2.24) is 19.6 Å². The summed E-state index contributed by atoms with van der Waals surface area (Å²) in [6.45, 7) is 10.6. The molecule has 0 spiro atoms. The lowest BCUT2D eigenvalue weighted by atomic mass is 10.0. The molecule has 0 atom stereocenters. The monoisotopic (exact) mass is 428 g/mol. The van der Waals surface area contributed by atoms with E-state index >= 15 is 0 Å². The molecule has 0 aliphatic carbocycles. The second-order valence-electron chi connectivity index (χ2n) is 8.32. The van der Waals surface area contributed by atoms with Gasteiger partial charge in [0.1, 0.15) is 0 Å². The number of H-pyrrole nitrogens is 1. The van der Waals surface area contributed by atoms with Gasteiger partial charge in [0.2, 0.25) is 0 Å². The van der Waals surface area contributed by atoms with Crippen LogP contribution >= 0.6 is 11.9 Å². The number of benzene rings is 2. The van der Waals surface area contributed by atoms with Gasteiger partial charge in [0, 0.05) is 64.6 Å². The second kappa shape index (κ2) is 8.50. The molecule has 1 aliphatic heterocycles. The van der Waals surface area contributed by atoms with Gasteiger partial charge in [-0.05, 0) is 79.7 Å². The van der Waals surface area contributed by atoms with Crippen LogP contribution in [0, 0.1) is 20.8 Å². The Morgan fingerprint density at radius 2 is 1.48 bits per heavy atom. The molecule has 5 heteroatoms. The average molecular weight is 429 g/mol. The van der Waals surface area contributed by atoms with Gasteiger partial charge >= 0.3 is 0 Å². The summed E-state index contributed by atoms with van der Waals surface area (Å²) in [6.07, 6.45) is 0. The number of nitrogens with one attached hydrogen (secondary N) is 2. The number of aromatic nitrogens is 2. The van der Waals surface area contributed by atoms with E-state index in [1.807, 2.05) is 11.9 Å². The lowest BCUT2D eigenvalue weighted by Gasteiger charge is -2.25. The zero-order valence-corrected chi connectivity index (χ0v) is 19.1. The molecule has 0 bridgehead atoms. The van der Waals surface area contributed by atoms with Crippen LogP contribution in [0.5, 0.6) is 0 Å². The van der Waals surface area contributed by atoms with Crippen LogP contribution in [0.2, 0.25) is 0 Å². The molecule has 2 aromatic carbocycles. The molecule has 5 rings (SSSR count). The molecule has 2 aromatic heterocycles. The lowest BCUT2D eigenvalue weighted by molar-refractivity contribution is 0.396. The van der Waals surface area contributed by atoms with Gasteiger partial charge in [-0.3, -0.25) is 4.98 Å². The van der Waals surface area contributed by atoms with E-state index in [0.717, 1.165) is 37.6 Å². The number of piperazine rings is 1. The first-order valence-electron chi connectivity index (χ1n) is 10.9. The van der Waals surface area contributed by atoms with Gasteiger partial charge in [-0.25, -0.2) is 4.31 Å². The Bertz CT molecular complexity index is 1200. The molecule has 2 N–H and O–H groups in total. The summed E-state index contributed by atoms with van der Waals surface area (Å²) in [4.78, 5) is 9.48. The van der Waals surface area contributed by atoms with Crippen LogP contribution in [0.1, 0.15) is 17.0 Å². The van der Waals surface area contributed by atoms with E-state index in [0.29, 0.717) is 0 Å². The van der Waals surface area contributed by atoms with Crippen LogP contribution in [-0.2, 0) is 0 Å². The largest absolute Gasteiger partial charge is 0.354 e. The van der Waals surface area contributed by atoms with Gasteiger partial charge in [-0.2, -0.15) is 0 Å². The first-order valence-corrected chi connectivity index (χ1v) is 11.7. The third kappa shape index (κ3) is 4.26. The Kier molecular flexibility index (Phi) is 5.57. The highest BCUT2D eigenvalue weighted by atomic mass is 32.2. The summed E-state index contributed by atoms with van der Waals surface area (Å²) in [5.74, 6) is 0. The molecule has 1 fully saturated rings. The number of aryl methyl sites for hydroxylation is 3. The smallest absolute Gasteiger partial charge is 0.0495 e. The molecule has 3 heterocycles. The second-order valence-corrected chi connectivity index (χ2v) is 9.49. The summed E-state index contributed by atoms with van der Waals surface area (Å²) in [5, 5.41) is 4.68. The zero-order chi connectivity index (χ0) is 21.4. The van der Waals surface area contributed by atoms with Crippen LogP contribution in [0.15, 0.2) is 59.5 Å². The molecule has 0 amide bonds. The molecular weight excluding hydrogens is 400 g/mol. The first-order chi connectivity index (χ1) is 15.1. The predicted octanol–water partition coefficient (Wildman–Crippen LogP) is 5.73. The molecular formula is C26H28N4S. The van der Waals surface area contributed by atoms with Gasteiger partial charge in [-0.15, -0.1) is 0 Å². The maximum Gasteiger partial charge on any atom is 0.0495 e. The minimum Gasteiger partial charge on any atom is -0.354 e. The fourth-order valence-corrected chi connectivity index (χ4v) is 5.30. The SMILES string of the molecule is Cc1cc(-c2[nH]c3cc(-c4ccc(SN5CCNCC5)cc4)ccc3c2C)cc(C)n1. The Morgan fingerprint density at radius 1 is 0.806 bits per heavy atom. The molecule has 0 radical (unpaired) electrons. The van der Waals surface area contributed by atoms with E-state index in [9.17, 15) is 0 Å². The molecule has 4 nitrogen and oxygen atoms in total. The van der Waals surface area contributed by atoms with E-state index < -0.39 is 0 Å². The number of fused-ring (bicyclic) bond motifs is 1. The molecule has 158 valence electrons. The molecule has 1 aliphatic rings. The number of hydrogen-bond donors (Lipinski definition) is 2. The molecule has 1 saturated heterocycles. The van der Waals surface area contributed by atoms with E-state index in [1.54, 1.807) is 0 Å². The first kappa shape index (κ1) is 20.3. The average Bonchev–Trinajstić information content (AvgIpc) is 3.10. The van der Waals surface area contributed by atoms with Crippen LogP contribution in [-0.4, -0.2) is 40.5 Å². The summed E-state index contributed by atoms with van der Waals surface area (Å²) in [7, 11) is 0. The van der Waals surface area contributed by atoms with Crippen LogP contribution in [0.3, 0.4) is 0 Å². The van der Waals surface area contributed by atoms with Gasteiger partial charge in [0.05, 0.1) is 0 Å². The Hall–Kier alpha value is -2.60. The predicted molar refractivity (Wildman–Crippen MR) is 131 cm³/mol. The van der Waals surface area contributed by atoms with Crippen LogP contribution < -0.4 is 5.32 Å². The molecule has 0 unspecified atom stereocenters. The maximum atomic E-state index is 4.52. The van der Waals surface area contributed by atoms with Crippen molar-refractivity contribution >= 4 is 22.9 Å². The van der Waals surface area contributed by atoms with Crippen molar-refractivity contribution in [3.63, 3.8) is 0 Å². The lowest BCUT2D eigenvalue weighted by Crippen LogP contribution is -2.39. The van der Waals surface area contributed by atoms with Crippen molar-refractivity contribution in [3.05, 3.63) is 71.5 Å². The van der Waals surface area contributed by atoms with Gasteiger partial charge in [0.25, 0.3) is 0 Å². The number of hydrogen-bond acceptors (Lipinski definition) is 4. The van der Waals surface area contributed by atoms with Crippen molar-refractivity contribution in [2.45, 2.75) is 25.7 Å². The fraction of sp³-hybridized carbons (Fsp3) is 0.269. The van der Waals surface area contributed by atoms with Crippen molar-refractivity contribution in [1.29, 1.82) is 0 Å². The Labute approximate surface area is 188 Å². The number of rotatable bonds is 4. The maximum absolute atomic E-state index is 4.52. The highest BCUT2D eigenvalue weighted by molar-refractivity contribution is 7.97. The summed E-state index contributed by atoms with van der Waals surface area (Å²) >= 11 is 1.86. The van der Waals surface area contributed by atoms with Crippen molar-refractivity contribution in [3.8, 4) is 22.4 Å². The standard InChI is InChI=1S/C26H28N4S/c1-17-14-22(15-18(2)28-17)26-19(3)24-9-6-21(16-25(24)29-26)20-4-7-23(8-5-20)31-30-12-10-27-11-13-30/h4-9,14-16,27,29H,10-13H2,1-3H3. The minimum atomic E-state index is 1.05. The molecule has 4 aromatic rings. The van der Waals surface area contributed by atoms with Crippen LogP contribution in [0.4, 0.5) is 0 Å².